The van der Waals surface area contributed by atoms with E-state index >= 15 is 0 Å². The van der Waals surface area contributed by atoms with Crippen LogP contribution in [-0.4, -0.2) is 4.92 Å². The van der Waals surface area contributed by atoms with Gasteiger partial charge in [-0.1, -0.05) is 18.5 Å². The lowest BCUT2D eigenvalue weighted by Gasteiger charge is -1.95. The molecule has 0 N–H and O–H groups in total. The zero-order valence-corrected chi connectivity index (χ0v) is 8.61. The van der Waals surface area contributed by atoms with Gasteiger partial charge in [0, 0.05) is 0 Å². The minimum atomic E-state index is -0.661. The Morgan fingerprint density at radius 3 is 2.80 bits per heavy atom. The Bertz CT molecular complexity index is 456. The zero-order chi connectivity index (χ0) is 11.4. The first kappa shape index (κ1) is 11.3. The highest BCUT2D eigenvalue weighted by Crippen LogP contribution is 2.28. The lowest BCUT2D eigenvalue weighted by atomic mass is 10.2. The van der Waals surface area contributed by atoms with Crippen molar-refractivity contribution in [3.63, 3.8) is 0 Å². The molecule has 0 aliphatic carbocycles. The molecule has 0 unspecified atom stereocenters. The number of nitrogens with zero attached hydrogens (tertiary/aromatic N) is 2. The van der Waals surface area contributed by atoms with Crippen molar-refractivity contribution >= 4 is 22.5 Å². The van der Waals surface area contributed by atoms with E-state index in [1.54, 1.807) is 6.92 Å². The van der Waals surface area contributed by atoms with Crippen LogP contribution in [0.4, 0.5) is 5.88 Å². The Balaban J connectivity index is 3.13. The maximum absolute atomic E-state index is 10.3. The number of hydrogen-bond acceptors (Lipinski definition) is 4. The van der Waals surface area contributed by atoms with Crippen LogP contribution in [0.25, 0.3) is 5.03 Å². The van der Waals surface area contributed by atoms with E-state index in [-0.39, 0.29) is 10.8 Å². The van der Waals surface area contributed by atoms with Gasteiger partial charge in [0.1, 0.15) is 4.92 Å². The minimum absolute atomic E-state index is 0.119. The van der Waals surface area contributed by atoms with Crippen molar-refractivity contribution in [1.82, 2.24) is 0 Å². The van der Waals surface area contributed by atoms with E-state index in [4.69, 9.17) is 21.3 Å². The van der Waals surface area contributed by atoms with Crippen molar-refractivity contribution in [2.75, 3.05) is 0 Å². The van der Waals surface area contributed by atoms with Crippen LogP contribution in [0, 0.1) is 21.4 Å². The molecule has 1 aromatic heterocycles. The molecule has 15 heavy (non-hydrogen) atoms. The molecule has 0 atom stereocenters. The molecule has 0 bridgehead atoms. The summed E-state index contributed by atoms with van der Waals surface area (Å²) in [6, 6.07) is 4.47. The summed E-state index contributed by atoms with van der Waals surface area (Å²) in [5.74, 6) is -0.252. The second-order valence-electron chi connectivity index (χ2n) is 2.65. The third-order valence-electron chi connectivity index (χ3n) is 1.74. The minimum Gasteiger partial charge on any atom is -0.400 e. The van der Waals surface area contributed by atoms with E-state index < -0.39 is 10.8 Å². The third-order valence-corrected chi connectivity index (χ3v) is 2.16. The number of rotatable bonds is 3. The van der Waals surface area contributed by atoms with Gasteiger partial charge in [-0.25, -0.2) is 0 Å². The van der Waals surface area contributed by atoms with Crippen LogP contribution < -0.4 is 0 Å². The molecule has 1 rings (SSSR count). The fourth-order valence-electron chi connectivity index (χ4n) is 0.976. The number of furan rings is 1. The Labute approximate surface area is 90.7 Å². The van der Waals surface area contributed by atoms with Gasteiger partial charge >= 0.3 is 5.88 Å². The largest absolute Gasteiger partial charge is 0.433 e. The molecule has 0 radical (unpaired) electrons. The number of nitriles is 1. The molecule has 78 valence electrons. The topological polar surface area (TPSA) is 80.1 Å². The van der Waals surface area contributed by atoms with E-state index in [1.165, 1.54) is 12.1 Å². The highest BCUT2D eigenvalue weighted by atomic mass is 35.5. The summed E-state index contributed by atoms with van der Waals surface area (Å²) in [4.78, 5) is 9.67. The van der Waals surface area contributed by atoms with Gasteiger partial charge in [0.2, 0.25) is 0 Å². The molecular weight excluding hydrogens is 220 g/mol. The first-order valence-corrected chi connectivity index (χ1v) is 4.51. The van der Waals surface area contributed by atoms with Gasteiger partial charge in [-0.3, -0.25) is 10.1 Å². The molecule has 6 heteroatoms. The van der Waals surface area contributed by atoms with E-state index in [1.807, 2.05) is 6.07 Å². The number of allylic oxidation sites excluding steroid dienone is 1. The first-order chi connectivity index (χ1) is 7.10. The first-order valence-electron chi connectivity index (χ1n) is 4.13. The third kappa shape index (κ3) is 2.36. The van der Waals surface area contributed by atoms with Gasteiger partial charge in [-0.05, 0) is 12.5 Å². The maximum Gasteiger partial charge on any atom is 0.433 e. The molecule has 0 saturated heterocycles. The highest BCUT2D eigenvalue weighted by Gasteiger charge is 2.15. The van der Waals surface area contributed by atoms with E-state index in [0.717, 1.165) is 0 Å². The molecule has 0 spiro atoms. The number of nitro groups is 1. The summed E-state index contributed by atoms with van der Waals surface area (Å²) < 4.78 is 4.85. The SMILES string of the molecule is CC/C(C#N)=C(/Cl)c1ccc([N+](=O)[O-])o1. The van der Waals surface area contributed by atoms with Crippen LogP contribution in [0.5, 0.6) is 0 Å². The summed E-state index contributed by atoms with van der Waals surface area (Å²) >= 11 is 5.83. The van der Waals surface area contributed by atoms with Crippen molar-refractivity contribution in [2.45, 2.75) is 13.3 Å². The van der Waals surface area contributed by atoms with Crippen LogP contribution in [0.2, 0.25) is 0 Å². The number of hydrogen-bond donors (Lipinski definition) is 0. The smallest absolute Gasteiger partial charge is 0.400 e. The molecule has 0 aliphatic rings. The zero-order valence-electron chi connectivity index (χ0n) is 7.86. The van der Waals surface area contributed by atoms with Gasteiger partial charge in [-0.15, -0.1) is 0 Å². The molecular formula is C9H7ClN2O3. The Kier molecular flexibility index (Phi) is 3.47. The van der Waals surface area contributed by atoms with E-state index in [9.17, 15) is 10.1 Å². The second kappa shape index (κ2) is 4.62. The molecule has 0 aliphatic heterocycles. The standard InChI is InChI=1S/C9H7ClN2O3/c1-2-6(5-11)9(10)7-3-4-8(15-7)12(13)14/h3-4H,2H2,1H3/b9-6-. The van der Waals surface area contributed by atoms with Gasteiger partial charge in [-0.2, -0.15) is 5.26 Å². The molecule has 0 fully saturated rings. The predicted molar refractivity (Wildman–Crippen MR) is 54.0 cm³/mol. The van der Waals surface area contributed by atoms with Crippen molar-refractivity contribution < 1.29 is 9.34 Å². The molecule has 0 aromatic carbocycles. The van der Waals surface area contributed by atoms with Crippen LogP contribution >= 0.6 is 11.6 Å². The molecule has 0 amide bonds. The summed E-state index contributed by atoms with van der Waals surface area (Å²) in [6.07, 6.45) is 0.448. The molecule has 0 saturated carbocycles. The summed E-state index contributed by atoms with van der Waals surface area (Å²) in [5, 5.41) is 19.2. The van der Waals surface area contributed by atoms with Crippen molar-refractivity contribution in [3.8, 4) is 6.07 Å². The van der Waals surface area contributed by atoms with Gasteiger partial charge in [0.05, 0.1) is 22.7 Å². The normalized spacial score (nSPS) is 11.8. The predicted octanol–water partition coefficient (Wildman–Crippen LogP) is 3.07. The van der Waals surface area contributed by atoms with Crippen LogP contribution in [-0.2, 0) is 0 Å². The van der Waals surface area contributed by atoms with Gasteiger partial charge in [0.15, 0.2) is 5.76 Å². The maximum atomic E-state index is 10.3. The van der Waals surface area contributed by atoms with Crippen molar-refractivity contribution in [3.05, 3.63) is 33.6 Å². The molecule has 1 aromatic rings. The van der Waals surface area contributed by atoms with E-state index in [0.29, 0.717) is 12.0 Å². The quantitative estimate of drug-likeness (QED) is 0.451. The molecule has 1 heterocycles. The van der Waals surface area contributed by atoms with Crippen LogP contribution in [0.1, 0.15) is 19.1 Å². The van der Waals surface area contributed by atoms with Gasteiger partial charge < -0.3 is 4.42 Å². The fraction of sp³-hybridized carbons (Fsp3) is 0.222. The Hall–Kier alpha value is -1.80. The van der Waals surface area contributed by atoms with E-state index in [2.05, 4.69) is 0 Å². The lowest BCUT2D eigenvalue weighted by molar-refractivity contribution is -0.402. The number of halogens is 1. The van der Waals surface area contributed by atoms with Crippen molar-refractivity contribution in [2.24, 2.45) is 0 Å². The fourth-order valence-corrected chi connectivity index (χ4v) is 1.25. The summed E-state index contributed by atoms with van der Waals surface area (Å²) in [7, 11) is 0. The van der Waals surface area contributed by atoms with Crippen LogP contribution in [0.15, 0.2) is 22.1 Å². The Morgan fingerprint density at radius 1 is 1.73 bits per heavy atom. The second-order valence-corrected chi connectivity index (χ2v) is 3.03. The van der Waals surface area contributed by atoms with Crippen LogP contribution in [0.3, 0.4) is 0 Å². The Morgan fingerprint density at radius 2 is 2.40 bits per heavy atom. The summed E-state index contributed by atoms with van der Waals surface area (Å²) in [6.45, 7) is 1.76. The monoisotopic (exact) mass is 226 g/mol. The van der Waals surface area contributed by atoms with Gasteiger partial charge in [0.25, 0.3) is 0 Å². The lowest BCUT2D eigenvalue weighted by Crippen LogP contribution is -1.84. The average Bonchev–Trinajstić information content (AvgIpc) is 2.68. The highest BCUT2D eigenvalue weighted by molar-refractivity contribution is 6.49. The molecule has 5 nitrogen and oxygen atoms in total. The summed E-state index contributed by atoms with van der Waals surface area (Å²) in [5.41, 5.74) is 0.334. The van der Waals surface area contributed by atoms with Crippen molar-refractivity contribution in [1.29, 1.82) is 5.26 Å². The average molecular weight is 227 g/mol.